The van der Waals surface area contributed by atoms with Crippen LogP contribution in [0.3, 0.4) is 0 Å². The molecule has 0 saturated heterocycles. The zero-order valence-electron chi connectivity index (χ0n) is 9.91. The van der Waals surface area contributed by atoms with E-state index in [1.165, 1.54) is 0 Å². The summed E-state index contributed by atoms with van der Waals surface area (Å²) in [5.41, 5.74) is 0. The van der Waals surface area contributed by atoms with E-state index < -0.39 is 30.4 Å². The van der Waals surface area contributed by atoms with Crippen LogP contribution >= 0.6 is 11.3 Å². The smallest absolute Gasteiger partial charge is 0.326 e. The molecule has 9 nitrogen and oxygen atoms in total. The van der Waals surface area contributed by atoms with Gasteiger partial charge in [-0.05, 0) is 6.42 Å². The van der Waals surface area contributed by atoms with Gasteiger partial charge in [0.2, 0.25) is 5.13 Å². The van der Waals surface area contributed by atoms with Crippen LogP contribution in [0.5, 0.6) is 0 Å². The quantitative estimate of drug-likeness (QED) is 0.583. The van der Waals surface area contributed by atoms with E-state index in [0.717, 1.165) is 16.3 Å². The van der Waals surface area contributed by atoms with Gasteiger partial charge in [0.05, 0.1) is 6.42 Å². The van der Waals surface area contributed by atoms with E-state index in [0.29, 0.717) is 6.42 Å². The number of amides is 2. The Morgan fingerprint density at radius 1 is 1.32 bits per heavy atom. The van der Waals surface area contributed by atoms with Crippen molar-refractivity contribution < 1.29 is 24.6 Å². The number of hydrogen-bond donors (Lipinski definition) is 4. The number of urea groups is 1. The molecule has 104 valence electrons. The number of aromatic nitrogens is 2. The molecule has 0 aliphatic carbocycles. The highest BCUT2D eigenvalue weighted by molar-refractivity contribution is 7.15. The van der Waals surface area contributed by atoms with Gasteiger partial charge >= 0.3 is 18.0 Å². The molecule has 10 heteroatoms. The van der Waals surface area contributed by atoms with Crippen LogP contribution in [0.4, 0.5) is 9.93 Å². The molecule has 0 fully saturated rings. The average molecular weight is 288 g/mol. The fourth-order valence-corrected chi connectivity index (χ4v) is 1.79. The van der Waals surface area contributed by atoms with Gasteiger partial charge in [0, 0.05) is 0 Å². The second kappa shape index (κ2) is 6.64. The Kier molecular flexibility index (Phi) is 5.18. The Balaban J connectivity index is 2.57. The van der Waals surface area contributed by atoms with Gasteiger partial charge in [0.15, 0.2) is 0 Å². The van der Waals surface area contributed by atoms with Crippen LogP contribution in [-0.4, -0.2) is 44.4 Å². The third-order valence-electron chi connectivity index (χ3n) is 1.97. The van der Waals surface area contributed by atoms with Crippen molar-refractivity contribution in [1.82, 2.24) is 15.5 Å². The van der Waals surface area contributed by atoms with Gasteiger partial charge in [-0.25, -0.2) is 9.59 Å². The molecule has 1 aromatic rings. The van der Waals surface area contributed by atoms with Gasteiger partial charge in [0.25, 0.3) is 0 Å². The van der Waals surface area contributed by atoms with Crippen molar-refractivity contribution in [3.8, 4) is 0 Å². The van der Waals surface area contributed by atoms with E-state index in [4.69, 9.17) is 10.2 Å². The number of hydrogen-bond acceptors (Lipinski definition) is 6. The van der Waals surface area contributed by atoms with Gasteiger partial charge in [0.1, 0.15) is 11.0 Å². The number of carbonyl (C=O) groups is 3. The lowest BCUT2D eigenvalue weighted by atomic mass is 10.2. The Hall–Kier alpha value is -2.23. The molecule has 1 unspecified atom stereocenters. The molecule has 1 heterocycles. The molecule has 2 amide bonds. The molecule has 0 aliphatic rings. The summed E-state index contributed by atoms with van der Waals surface area (Å²) >= 11 is 1.15. The maximum Gasteiger partial charge on any atom is 0.326 e. The Morgan fingerprint density at radius 3 is 2.47 bits per heavy atom. The topological polar surface area (TPSA) is 142 Å². The zero-order valence-corrected chi connectivity index (χ0v) is 10.7. The lowest BCUT2D eigenvalue weighted by Gasteiger charge is -2.11. The van der Waals surface area contributed by atoms with Gasteiger partial charge in [-0.1, -0.05) is 18.3 Å². The minimum atomic E-state index is -1.50. The highest BCUT2D eigenvalue weighted by atomic mass is 32.1. The fraction of sp³-hybridized carbons (Fsp3) is 0.444. The van der Waals surface area contributed by atoms with Crippen molar-refractivity contribution in [2.45, 2.75) is 25.8 Å². The summed E-state index contributed by atoms with van der Waals surface area (Å²) in [6, 6.07) is -2.34. The summed E-state index contributed by atoms with van der Waals surface area (Å²) in [6.45, 7) is 1.87. The number of nitrogens with one attached hydrogen (secondary N) is 2. The standard InChI is InChI=1S/C9H12N4O5S/c1-2-5-12-13-9(19-5)11-8(18)10-4(7(16)17)3-6(14)15/h4H,2-3H2,1H3,(H,14,15)(H,16,17)(H2,10,11,13,18). The first-order valence-corrected chi connectivity index (χ1v) is 6.08. The number of anilines is 1. The monoisotopic (exact) mass is 288 g/mol. The zero-order chi connectivity index (χ0) is 14.4. The van der Waals surface area contributed by atoms with Crippen LogP contribution in [0.1, 0.15) is 18.4 Å². The van der Waals surface area contributed by atoms with Crippen molar-refractivity contribution in [2.24, 2.45) is 0 Å². The third-order valence-corrected chi connectivity index (χ3v) is 2.95. The van der Waals surface area contributed by atoms with E-state index in [-0.39, 0.29) is 5.13 Å². The SMILES string of the molecule is CCc1nnc(NC(=O)NC(CC(=O)O)C(=O)O)s1. The first-order chi connectivity index (χ1) is 8.92. The molecular formula is C9H12N4O5S. The molecule has 0 radical (unpaired) electrons. The lowest BCUT2D eigenvalue weighted by Crippen LogP contribution is -2.44. The number of carbonyl (C=O) groups excluding carboxylic acids is 1. The highest BCUT2D eigenvalue weighted by Gasteiger charge is 2.23. The molecule has 0 aliphatic heterocycles. The van der Waals surface area contributed by atoms with Gasteiger partial charge in [-0.15, -0.1) is 10.2 Å². The number of carboxylic acids is 2. The summed E-state index contributed by atoms with van der Waals surface area (Å²) in [7, 11) is 0. The molecule has 1 rings (SSSR count). The van der Waals surface area contributed by atoms with Gasteiger partial charge in [-0.3, -0.25) is 10.1 Å². The second-order valence-corrected chi connectivity index (χ2v) is 4.50. The number of rotatable bonds is 6. The number of carboxylic acid groups (broad SMARTS) is 2. The summed E-state index contributed by atoms with van der Waals surface area (Å²) in [5.74, 6) is -2.75. The van der Waals surface area contributed by atoms with Crippen molar-refractivity contribution in [3.05, 3.63) is 5.01 Å². The van der Waals surface area contributed by atoms with Crippen molar-refractivity contribution in [2.75, 3.05) is 5.32 Å². The first-order valence-electron chi connectivity index (χ1n) is 5.26. The largest absolute Gasteiger partial charge is 0.481 e. The van der Waals surface area contributed by atoms with Gasteiger partial charge < -0.3 is 15.5 Å². The Bertz CT molecular complexity index is 489. The lowest BCUT2D eigenvalue weighted by molar-refractivity contribution is -0.145. The predicted octanol–water partition coefficient (Wildman–Crippen LogP) is 0.150. The molecule has 0 spiro atoms. The second-order valence-electron chi connectivity index (χ2n) is 3.44. The van der Waals surface area contributed by atoms with Crippen LogP contribution < -0.4 is 10.6 Å². The van der Waals surface area contributed by atoms with E-state index >= 15 is 0 Å². The summed E-state index contributed by atoms with van der Waals surface area (Å²) in [4.78, 5) is 32.6. The third kappa shape index (κ3) is 4.87. The van der Waals surface area contributed by atoms with E-state index in [1.807, 2.05) is 12.2 Å². The van der Waals surface area contributed by atoms with Gasteiger partial charge in [-0.2, -0.15) is 0 Å². The minimum Gasteiger partial charge on any atom is -0.481 e. The van der Waals surface area contributed by atoms with Crippen LogP contribution in [0, 0.1) is 0 Å². The van der Waals surface area contributed by atoms with Crippen LogP contribution in [-0.2, 0) is 16.0 Å². The van der Waals surface area contributed by atoms with E-state index in [2.05, 4.69) is 15.5 Å². The summed E-state index contributed by atoms with van der Waals surface area (Å²) in [5, 5.41) is 30.0. The Morgan fingerprint density at radius 2 is 2.00 bits per heavy atom. The van der Waals surface area contributed by atoms with Crippen molar-refractivity contribution >= 4 is 34.4 Å². The molecule has 1 atom stereocenters. The summed E-state index contributed by atoms with van der Waals surface area (Å²) < 4.78 is 0. The minimum absolute atomic E-state index is 0.216. The van der Waals surface area contributed by atoms with Crippen LogP contribution in [0.15, 0.2) is 0 Å². The number of aryl methyl sites for hydroxylation is 1. The van der Waals surface area contributed by atoms with Crippen LogP contribution in [0.25, 0.3) is 0 Å². The average Bonchev–Trinajstić information content (AvgIpc) is 2.75. The molecule has 19 heavy (non-hydrogen) atoms. The van der Waals surface area contributed by atoms with E-state index in [1.54, 1.807) is 0 Å². The Labute approximate surface area is 111 Å². The molecule has 0 aromatic carbocycles. The summed E-state index contributed by atoms with van der Waals surface area (Å²) in [6.07, 6.45) is -0.0448. The maximum absolute atomic E-state index is 11.5. The molecule has 0 bridgehead atoms. The number of nitrogens with zero attached hydrogens (tertiary/aromatic N) is 2. The first kappa shape index (κ1) is 14.8. The number of aliphatic carboxylic acids is 2. The predicted molar refractivity (Wildman–Crippen MR) is 65.1 cm³/mol. The maximum atomic E-state index is 11.5. The van der Waals surface area contributed by atoms with Crippen LogP contribution in [0.2, 0.25) is 0 Å². The fourth-order valence-electron chi connectivity index (χ4n) is 1.11. The molecule has 4 N–H and O–H groups in total. The van der Waals surface area contributed by atoms with Crippen molar-refractivity contribution in [1.29, 1.82) is 0 Å². The molecule has 0 saturated carbocycles. The van der Waals surface area contributed by atoms with Crippen molar-refractivity contribution in [3.63, 3.8) is 0 Å². The van der Waals surface area contributed by atoms with E-state index in [9.17, 15) is 14.4 Å². The normalized spacial score (nSPS) is 11.6. The molecule has 1 aromatic heterocycles. The highest BCUT2D eigenvalue weighted by Crippen LogP contribution is 2.15. The molecular weight excluding hydrogens is 276 g/mol.